The summed E-state index contributed by atoms with van der Waals surface area (Å²) in [6.45, 7) is 8.40. The van der Waals surface area contributed by atoms with Gasteiger partial charge in [0.25, 0.3) is 0 Å². The van der Waals surface area contributed by atoms with E-state index in [0.29, 0.717) is 18.2 Å². The van der Waals surface area contributed by atoms with Crippen molar-refractivity contribution in [2.75, 3.05) is 26.3 Å². The molecule has 0 saturated carbocycles. The van der Waals surface area contributed by atoms with E-state index < -0.39 is 0 Å². The topological polar surface area (TPSA) is 25.0 Å². The van der Waals surface area contributed by atoms with Crippen molar-refractivity contribution in [2.24, 2.45) is 0 Å². The summed E-state index contributed by atoms with van der Waals surface area (Å²) in [6.07, 6.45) is 2.08. The van der Waals surface area contributed by atoms with Gasteiger partial charge >= 0.3 is 0 Å². The van der Waals surface area contributed by atoms with Crippen LogP contribution >= 0.6 is 0 Å². The van der Waals surface area contributed by atoms with Gasteiger partial charge in [-0.3, -0.25) is 4.90 Å². The van der Waals surface area contributed by atoms with E-state index in [-0.39, 0.29) is 0 Å². The third-order valence-electron chi connectivity index (χ3n) is 2.89. The maximum absolute atomic E-state index is 5.63. The largest absolute Gasteiger partial charge is 0.376 e. The molecular formula is C10H19NO2. The standard InChI is InChI=1S/C10H19NO2/c1-3-9-6-12-8(2)4-11(9)5-10-7-13-10/h8-10H,3-7H2,1-2H3/t8?,9?,10-/m1/s1. The smallest absolute Gasteiger partial charge is 0.0936 e. The van der Waals surface area contributed by atoms with E-state index in [0.717, 1.165) is 26.3 Å². The zero-order chi connectivity index (χ0) is 9.26. The lowest BCUT2D eigenvalue weighted by Crippen LogP contribution is -2.49. The molecule has 0 amide bonds. The molecule has 3 nitrogen and oxygen atoms in total. The van der Waals surface area contributed by atoms with Gasteiger partial charge in [0.05, 0.1) is 25.4 Å². The minimum atomic E-state index is 0.390. The predicted octanol–water partition coefficient (Wildman–Crippen LogP) is 0.885. The highest BCUT2D eigenvalue weighted by molar-refractivity contribution is 4.83. The Kier molecular flexibility index (Phi) is 2.86. The van der Waals surface area contributed by atoms with Gasteiger partial charge in [0, 0.05) is 19.1 Å². The lowest BCUT2D eigenvalue weighted by molar-refractivity contribution is -0.0573. The maximum atomic E-state index is 5.63. The van der Waals surface area contributed by atoms with Crippen LogP contribution in [-0.4, -0.2) is 49.5 Å². The summed E-state index contributed by atoms with van der Waals surface area (Å²) in [4.78, 5) is 2.52. The van der Waals surface area contributed by atoms with Crippen LogP contribution in [0.4, 0.5) is 0 Å². The van der Waals surface area contributed by atoms with Gasteiger partial charge in [0.15, 0.2) is 0 Å². The Hall–Kier alpha value is -0.120. The number of epoxide rings is 1. The van der Waals surface area contributed by atoms with Crippen LogP contribution in [0, 0.1) is 0 Å². The van der Waals surface area contributed by atoms with Crippen molar-refractivity contribution in [3.8, 4) is 0 Å². The van der Waals surface area contributed by atoms with Crippen molar-refractivity contribution >= 4 is 0 Å². The van der Waals surface area contributed by atoms with E-state index in [1.165, 1.54) is 6.42 Å². The summed E-state index contributed by atoms with van der Waals surface area (Å²) < 4.78 is 10.9. The van der Waals surface area contributed by atoms with Crippen LogP contribution in [0.3, 0.4) is 0 Å². The van der Waals surface area contributed by atoms with E-state index in [4.69, 9.17) is 9.47 Å². The average molecular weight is 185 g/mol. The highest BCUT2D eigenvalue weighted by Crippen LogP contribution is 2.18. The fraction of sp³-hybridized carbons (Fsp3) is 1.00. The van der Waals surface area contributed by atoms with E-state index in [2.05, 4.69) is 18.7 Å². The van der Waals surface area contributed by atoms with Gasteiger partial charge in [-0.25, -0.2) is 0 Å². The fourth-order valence-electron chi connectivity index (χ4n) is 1.95. The first-order valence-electron chi connectivity index (χ1n) is 5.27. The molecule has 2 saturated heterocycles. The van der Waals surface area contributed by atoms with Crippen molar-refractivity contribution in [3.63, 3.8) is 0 Å². The second-order valence-corrected chi connectivity index (χ2v) is 4.12. The number of hydrogen-bond donors (Lipinski definition) is 0. The monoisotopic (exact) mass is 185 g/mol. The fourth-order valence-corrected chi connectivity index (χ4v) is 1.95. The molecule has 0 aliphatic carbocycles. The molecule has 3 heteroatoms. The minimum Gasteiger partial charge on any atom is -0.376 e. The average Bonchev–Trinajstić information content (AvgIpc) is 2.89. The predicted molar refractivity (Wildman–Crippen MR) is 50.8 cm³/mol. The number of nitrogens with zero attached hydrogens (tertiary/aromatic N) is 1. The first kappa shape index (κ1) is 9.44. The zero-order valence-electron chi connectivity index (χ0n) is 8.53. The van der Waals surface area contributed by atoms with E-state index in [1.807, 2.05) is 0 Å². The SMILES string of the molecule is CCC1COC(C)CN1C[C@@H]1CO1. The summed E-state index contributed by atoms with van der Waals surface area (Å²) >= 11 is 0. The lowest BCUT2D eigenvalue weighted by atomic mass is 10.1. The van der Waals surface area contributed by atoms with Crippen molar-refractivity contribution < 1.29 is 9.47 Å². The molecule has 2 heterocycles. The van der Waals surface area contributed by atoms with Gasteiger partial charge in [0.1, 0.15) is 0 Å². The van der Waals surface area contributed by atoms with Gasteiger partial charge in [-0.15, -0.1) is 0 Å². The highest BCUT2D eigenvalue weighted by Gasteiger charge is 2.31. The highest BCUT2D eigenvalue weighted by atomic mass is 16.6. The number of morpholine rings is 1. The van der Waals surface area contributed by atoms with Crippen LogP contribution in [0.5, 0.6) is 0 Å². The number of rotatable bonds is 3. The molecule has 2 rings (SSSR count). The Bertz CT molecular complexity index is 168. The van der Waals surface area contributed by atoms with Crippen LogP contribution < -0.4 is 0 Å². The van der Waals surface area contributed by atoms with Crippen LogP contribution in [0.1, 0.15) is 20.3 Å². The van der Waals surface area contributed by atoms with Gasteiger partial charge in [-0.2, -0.15) is 0 Å². The van der Waals surface area contributed by atoms with Crippen LogP contribution in [0.25, 0.3) is 0 Å². The molecule has 3 atom stereocenters. The zero-order valence-corrected chi connectivity index (χ0v) is 8.53. The summed E-state index contributed by atoms with van der Waals surface area (Å²) in [7, 11) is 0. The van der Waals surface area contributed by atoms with Crippen LogP contribution in [0.2, 0.25) is 0 Å². The number of hydrogen-bond acceptors (Lipinski definition) is 3. The molecule has 76 valence electrons. The quantitative estimate of drug-likeness (QED) is 0.610. The molecule has 0 bridgehead atoms. The Labute approximate surface area is 80.0 Å². The lowest BCUT2D eigenvalue weighted by Gasteiger charge is -2.37. The summed E-state index contributed by atoms with van der Waals surface area (Å²) in [5, 5.41) is 0. The maximum Gasteiger partial charge on any atom is 0.0936 e. The molecule has 0 N–H and O–H groups in total. The number of ether oxygens (including phenoxy) is 2. The molecular weight excluding hydrogens is 166 g/mol. The van der Waals surface area contributed by atoms with Gasteiger partial charge in [-0.1, -0.05) is 6.92 Å². The van der Waals surface area contributed by atoms with Crippen molar-refractivity contribution in [2.45, 2.75) is 38.5 Å². The Balaban J connectivity index is 1.85. The molecule has 2 fully saturated rings. The van der Waals surface area contributed by atoms with Crippen molar-refractivity contribution in [1.82, 2.24) is 4.90 Å². The molecule has 2 aliphatic heterocycles. The van der Waals surface area contributed by atoms with Crippen LogP contribution in [-0.2, 0) is 9.47 Å². The van der Waals surface area contributed by atoms with E-state index in [9.17, 15) is 0 Å². The van der Waals surface area contributed by atoms with E-state index in [1.54, 1.807) is 0 Å². The van der Waals surface area contributed by atoms with Gasteiger partial charge in [-0.05, 0) is 13.3 Å². The Morgan fingerprint density at radius 1 is 1.31 bits per heavy atom. The molecule has 0 spiro atoms. The normalized spacial score (nSPS) is 40.6. The van der Waals surface area contributed by atoms with E-state index >= 15 is 0 Å². The summed E-state index contributed by atoms with van der Waals surface area (Å²) in [5.41, 5.74) is 0. The third kappa shape index (κ3) is 2.42. The third-order valence-corrected chi connectivity index (χ3v) is 2.89. The van der Waals surface area contributed by atoms with Crippen LogP contribution in [0.15, 0.2) is 0 Å². The molecule has 0 aromatic rings. The summed E-state index contributed by atoms with van der Waals surface area (Å²) in [5.74, 6) is 0. The van der Waals surface area contributed by atoms with Crippen molar-refractivity contribution in [3.05, 3.63) is 0 Å². The molecule has 2 unspecified atom stereocenters. The molecule has 0 aromatic heterocycles. The molecule has 13 heavy (non-hydrogen) atoms. The second-order valence-electron chi connectivity index (χ2n) is 4.12. The Morgan fingerprint density at radius 3 is 2.69 bits per heavy atom. The molecule has 0 radical (unpaired) electrons. The summed E-state index contributed by atoms with van der Waals surface area (Å²) in [6, 6.07) is 0.611. The molecule has 0 aromatic carbocycles. The van der Waals surface area contributed by atoms with Gasteiger partial charge < -0.3 is 9.47 Å². The minimum absolute atomic E-state index is 0.390. The molecule has 2 aliphatic rings. The first-order valence-corrected chi connectivity index (χ1v) is 5.27. The van der Waals surface area contributed by atoms with Crippen molar-refractivity contribution in [1.29, 1.82) is 0 Å². The van der Waals surface area contributed by atoms with Gasteiger partial charge in [0.2, 0.25) is 0 Å². The first-order chi connectivity index (χ1) is 6.29. The second kappa shape index (κ2) is 3.95. The Morgan fingerprint density at radius 2 is 2.08 bits per heavy atom.